The zero-order chi connectivity index (χ0) is 23.7. The average Bonchev–Trinajstić information content (AvgIpc) is 3.43. The summed E-state index contributed by atoms with van der Waals surface area (Å²) in [5, 5.41) is 8.01. The van der Waals surface area contributed by atoms with E-state index in [1.165, 1.54) is 15.6 Å². The Morgan fingerprint density at radius 3 is 2.59 bits per heavy atom. The van der Waals surface area contributed by atoms with E-state index in [2.05, 4.69) is 10.4 Å². The molecule has 1 aromatic heterocycles. The highest BCUT2D eigenvalue weighted by Crippen LogP contribution is 2.31. The number of nitrogens with one attached hydrogen (secondary N) is 1. The number of anilines is 1. The van der Waals surface area contributed by atoms with Crippen molar-refractivity contribution in [2.24, 2.45) is 0 Å². The van der Waals surface area contributed by atoms with E-state index in [-0.39, 0.29) is 24.3 Å². The van der Waals surface area contributed by atoms with Crippen molar-refractivity contribution < 1.29 is 14.0 Å². The van der Waals surface area contributed by atoms with E-state index in [1.54, 1.807) is 29.3 Å². The SMILES string of the molecule is Cc1ccccc1CNC(=O)CN1CCN(c2cccc3c2cnn3-c2ccccc2F)C1=O. The fourth-order valence-electron chi connectivity index (χ4n) is 4.27. The standard InChI is InChI=1S/C26H24FN5O2/c1-18-7-2-3-8-19(18)15-28-25(33)17-30-13-14-31(26(30)34)22-11-6-12-23-20(22)16-29-32(23)24-10-5-4-9-21(24)27/h2-12,16H,13-15,17H2,1H3,(H,28,33). The normalized spacial score (nSPS) is 13.6. The van der Waals surface area contributed by atoms with E-state index < -0.39 is 0 Å². The van der Waals surface area contributed by atoms with Crippen LogP contribution in [0, 0.1) is 12.7 Å². The second-order valence-electron chi connectivity index (χ2n) is 8.28. The first kappa shape index (κ1) is 21.6. The van der Waals surface area contributed by atoms with Crippen LogP contribution in [0.2, 0.25) is 0 Å². The van der Waals surface area contributed by atoms with Gasteiger partial charge in [0, 0.05) is 25.0 Å². The lowest BCUT2D eigenvalue weighted by molar-refractivity contribution is -0.121. The zero-order valence-electron chi connectivity index (χ0n) is 18.7. The highest BCUT2D eigenvalue weighted by atomic mass is 19.1. The van der Waals surface area contributed by atoms with Gasteiger partial charge >= 0.3 is 6.03 Å². The Kier molecular flexibility index (Phi) is 5.71. The molecule has 2 heterocycles. The molecule has 34 heavy (non-hydrogen) atoms. The third kappa shape index (κ3) is 3.98. The Balaban J connectivity index is 1.31. The Hall–Kier alpha value is -4.20. The van der Waals surface area contributed by atoms with E-state index >= 15 is 0 Å². The van der Waals surface area contributed by atoms with Crippen LogP contribution in [-0.4, -0.2) is 46.3 Å². The van der Waals surface area contributed by atoms with Crippen LogP contribution in [0.4, 0.5) is 14.9 Å². The number of fused-ring (bicyclic) bond motifs is 1. The summed E-state index contributed by atoms with van der Waals surface area (Å²) in [5.41, 5.74) is 3.88. The van der Waals surface area contributed by atoms with E-state index in [0.717, 1.165) is 16.5 Å². The lowest BCUT2D eigenvalue weighted by atomic mass is 10.1. The molecule has 172 valence electrons. The lowest BCUT2D eigenvalue weighted by Gasteiger charge is -2.19. The maximum absolute atomic E-state index is 14.3. The van der Waals surface area contributed by atoms with E-state index in [1.807, 2.05) is 49.4 Å². The molecule has 0 atom stereocenters. The molecule has 3 amide bonds. The molecular weight excluding hydrogens is 433 g/mol. The molecule has 0 bridgehead atoms. The molecule has 5 rings (SSSR count). The van der Waals surface area contributed by atoms with Gasteiger partial charge in [0.1, 0.15) is 18.0 Å². The highest BCUT2D eigenvalue weighted by molar-refractivity contribution is 6.04. The summed E-state index contributed by atoms with van der Waals surface area (Å²) < 4.78 is 15.9. The number of benzene rings is 3. The lowest BCUT2D eigenvalue weighted by Crippen LogP contribution is -2.39. The number of hydrogen-bond acceptors (Lipinski definition) is 3. The van der Waals surface area contributed by atoms with Crippen molar-refractivity contribution in [3.8, 4) is 5.69 Å². The predicted molar refractivity (Wildman–Crippen MR) is 128 cm³/mol. The molecular formula is C26H24FN5O2. The number of carbonyl (C=O) groups excluding carboxylic acids is 2. The first-order chi connectivity index (χ1) is 16.5. The molecule has 1 aliphatic rings. The number of hydrogen-bond donors (Lipinski definition) is 1. The van der Waals surface area contributed by atoms with Crippen LogP contribution in [0.3, 0.4) is 0 Å². The second-order valence-corrected chi connectivity index (χ2v) is 8.28. The van der Waals surface area contributed by atoms with Gasteiger partial charge in [-0.15, -0.1) is 0 Å². The number of rotatable bonds is 6. The second kappa shape index (κ2) is 8.97. The van der Waals surface area contributed by atoms with Gasteiger partial charge in [0.25, 0.3) is 0 Å². The first-order valence-corrected chi connectivity index (χ1v) is 11.1. The maximum Gasteiger partial charge on any atom is 0.325 e. The van der Waals surface area contributed by atoms with Gasteiger partial charge in [0.2, 0.25) is 5.91 Å². The van der Waals surface area contributed by atoms with Crippen molar-refractivity contribution >= 4 is 28.5 Å². The molecule has 0 unspecified atom stereocenters. The summed E-state index contributed by atoms with van der Waals surface area (Å²) in [7, 11) is 0. The van der Waals surface area contributed by atoms with Crippen molar-refractivity contribution in [3.63, 3.8) is 0 Å². The van der Waals surface area contributed by atoms with Gasteiger partial charge in [0.15, 0.2) is 0 Å². The van der Waals surface area contributed by atoms with E-state index in [0.29, 0.717) is 36.5 Å². The van der Waals surface area contributed by atoms with Gasteiger partial charge in [-0.3, -0.25) is 9.69 Å². The van der Waals surface area contributed by atoms with Crippen LogP contribution in [0.1, 0.15) is 11.1 Å². The summed E-state index contributed by atoms with van der Waals surface area (Å²) in [5.74, 6) is -0.581. The third-order valence-corrected chi connectivity index (χ3v) is 6.13. The topological polar surface area (TPSA) is 70.5 Å². The summed E-state index contributed by atoms with van der Waals surface area (Å²) in [6.45, 7) is 3.30. The molecule has 0 aliphatic carbocycles. The van der Waals surface area contributed by atoms with Crippen LogP contribution in [0.5, 0.6) is 0 Å². The average molecular weight is 458 g/mol. The number of halogens is 1. The first-order valence-electron chi connectivity index (χ1n) is 11.1. The number of amides is 3. The van der Waals surface area contributed by atoms with Gasteiger partial charge < -0.3 is 10.2 Å². The fraction of sp³-hybridized carbons (Fsp3) is 0.192. The minimum Gasteiger partial charge on any atom is -0.350 e. The zero-order valence-corrected chi connectivity index (χ0v) is 18.7. The number of urea groups is 1. The van der Waals surface area contributed by atoms with Gasteiger partial charge in [-0.2, -0.15) is 5.10 Å². The minimum absolute atomic E-state index is 0.00825. The van der Waals surface area contributed by atoms with Crippen LogP contribution in [0.15, 0.2) is 72.9 Å². The summed E-state index contributed by atoms with van der Waals surface area (Å²) >= 11 is 0. The van der Waals surface area contributed by atoms with Gasteiger partial charge in [-0.25, -0.2) is 13.9 Å². The maximum atomic E-state index is 14.3. The Morgan fingerprint density at radius 1 is 1.00 bits per heavy atom. The van der Waals surface area contributed by atoms with E-state index in [9.17, 15) is 14.0 Å². The number of nitrogens with zero attached hydrogens (tertiary/aromatic N) is 4. The molecule has 1 aliphatic heterocycles. The molecule has 7 nitrogen and oxygen atoms in total. The van der Waals surface area contributed by atoms with Crippen molar-refractivity contribution in [1.82, 2.24) is 20.0 Å². The van der Waals surface area contributed by atoms with Crippen molar-refractivity contribution in [2.45, 2.75) is 13.5 Å². The molecule has 0 saturated carbocycles. The van der Waals surface area contributed by atoms with Gasteiger partial charge in [-0.1, -0.05) is 42.5 Å². The number of para-hydroxylation sites is 1. The number of carbonyl (C=O) groups is 2. The van der Waals surface area contributed by atoms with Crippen LogP contribution < -0.4 is 10.2 Å². The summed E-state index contributed by atoms with van der Waals surface area (Å²) in [6, 6.07) is 19.6. The quantitative estimate of drug-likeness (QED) is 0.475. The van der Waals surface area contributed by atoms with Crippen molar-refractivity contribution in [2.75, 3.05) is 24.5 Å². The Labute approximate surface area is 196 Å². The fourth-order valence-corrected chi connectivity index (χ4v) is 4.27. The number of aryl methyl sites for hydroxylation is 1. The summed E-state index contributed by atoms with van der Waals surface area (Å²) in [6.07, 6.45) is 1.64. The van der Waals surface area contributed by atoms with Gasteiger partial charge in [-0.05, 0) is 42.3 Å². The number of aromatic nitrogens is 2. The Morgan fingerprint density at radius 2 is 1.76 bits per heavy atom. The molecule has 4 aromatic rings. The largest absolute Gasteiger partial charge is 0.350 e. The monoisotopic (exact) mass is 457 g/mol. The summed E-state index contributed by atoms with van der Waals surface area (Å²) in [4.78, 5) is 28.8. The van der Waals surface area contributed by atoms with Crippen LogP contribution in [-0.2, 0) is 11.3 Å². The molecule has 1 saturated heterocycles. The smallest absolute Gasteiger partial charge is 0.325 e. The third-order valence-electron chi connectivity index (χ3n) is 6.13. The Bertz CT molecular complexity index is 1380. The molecule has 1 fully saturated rings. The van der Waals surface area contributed by atoms with Crippen LogP contribution in [0.25, 0.3) is 16.6 Å². The van der Waals surface area contributed by atoms with Gasteiger partial charge in [0.05, 0.1) is 17.4 Å². The molecule has 0 spiro atoms. The molecule has 0 radical (unpaired) electrons. The highest BCUT2D eigenvalue weighted by Gasteiger charge is 2.32. The minimum atomic E-state index is -0.377. The molecule has 1 N–H and O–H groups in total. The van der Waals surface area contributed by atoms with E-state index in [4.69, 9.17) is 0 Å². The van der Waals surface area contributed by atoms with Crippen LogP contribution >= 0.6 is 0 Å². The molecule has 8 heteroatoms. The van der Waals surface area contributed by atoms with Crippen molar-refractivity contribution in [3.05, 3.63) is 89.9 Å². The predicted octanol–water partition coefficient (Wildman–Crippen LogP) is 4.03. The molecule has 3 aromatic carbocycles. The van der Waals surface area contributed by atoms with Crippen molar-refractivity contribution in [1.29, 1.82) is 0 Å².